The van der Waals surface area contributed by atoms with Crippen molar-refractivity contribution in [2.45, 2.75) is 25.7 Å². The van der Waals surface area contributed by atoms with Crippen molar-refractivity contribution >= 4 is 0 Å². The van der Waals surface area contributed by atoms with E-state index in [-0.39, 0.29) is 0 Å². The number of hydrogen-bond acceptors (Lipinski definition) is 2. The Kier molecular flexibility index (Phi) is 3.39. The molecule has 0 amide bonds. The van der Waals surface area contributed by atoms with Gasteiger partial charge in [0, 0.05) is 51.7 Å². The second-order valence-electron chi connectivity index (χ2n) is 4.12. The van der Waals surface area contributed by atoms with Crippen molar-refractivity contribution in [3.05, 3.63) is 36.4 Å². The first-order chi connectivity index (χ1) is 7.77. The minimum Gasteiger partial charge on any atom is -0.338 e. The Balaban J connectivity index is 1.74. The molecule has 0 N–H and O–H groups in total. The highest BCUT2D eigenvalue weighted by Gasteiger charge is 2.01. The third-order valence-corrected chi connectivity index (χ3v) is 2.89. The van der Waals surface area contributed by atoms with Gasteiger partial charge in [0.1, 0.15) is 11.6 Å². The van der Waals surface area contributed by atoms with Crippen molar-refractivity contribution < 1.29 is 0 Å². The van der Waals surface area contributed by atoms with Gasteiger partial charge in [0.15, 0.2) is 0 Å². The number of aromatic nitrogens is 4. The molecule has 2 rings (SSSR count). The third-order valence-electron chi connectivity index (χ3n) is 2.89. The normalized spacial score (nSPS) is 10.9. The summed E-state index contributed by atoms with van der Waals surface area (Å²) in [6.45, 7) is 0. The summed E-state index contributed by atoms with van der Waals surface area (Å²) in [5.41, 5.74) is 0. The topological polar surface area (TPSA) is 35.6 Å². The summed E-state index contributed by atoms with van der Waals surface area (Å²) in [5.74, 6) is 2.33. The van der Waals surface area contributed by atoms with Crippen LogP contribution in [-0.4, -0.2) is 19.1 Å². The van der Waals surface area contributed by atoms with Crippen LogP contribution in [0.5, 0.6) is 0 Å². The van der Waals surface area contributed by atoms with Gasteiger partial charge in [-0.15, -0.1) is 0 Å². The minimum atomic E-state index is 1.05. The Bertz CT molecular complexity index is 399. The van der Waals surface area contributed by atoms with E-state index in [0.29, 0.717) is 0 Å². The van der Waals surface area contributed by atoms with E-state index in [9.17, 15) is 0 Å². The van der Waals surface area contributed by atoms with Gasteiger partial charge < -0.3 is 9.13 Å². The summed E-state index contributed by atoms with van der Waals surface area (Å²) in [6, 6.07) is 0. The van der Waals surface area contributed by atoms with Crippen LogP contribution < -0.4 is 0 Å². The Labute approximate surface area is 96.0 Å². The summed E-state index contributed by atoms with van der Waals surface area (Å²) < 4.78 is 4.17. The zero-order valence-electron chi connectivity index (χ0n) is 9.93. The molecule has 0 unspecified atom stereocenters. The van der Waals surface area contributed by atoms with Crippen molar-refractivity contribution in [1.82, 2.24) is 19.1 Å². The van der Waals surface area contributed by atoms with Crippen molar-refractivity contribution in [2.75, 3.05) is 0 Å². The van der Waals surface area contributed by atoms with Crippen LogP contribution >= 0.6 is 0 Å². The Morgan fingerprint density at radius 2 is 1.31 bits per heavy atom. The highest BCUT2D eigenvalue weighted by atomic mass is 15.0. The van der Waals surface area contributed by atoms with Gasteiger partial charge in [0.2, 0.25) is 0 Å². The summed E-state index contributed by atoms with van der Waals surface area (Å²) in [5, 5.41) is 0. The van der Waals surface area contributed by atoms with Gasteiger partial charge in [0.05, 0.1) is 0 Å². The predicted octanol–water partition coefficient (Wildman–Crippen LogP) is 1.72. The molecule has 2 heterocycles. The molecule has 86 valence electrons. The molecule has 2 aromatic heterocycles. The molecule has 0 fully saturated rings. The van der Waals surface area contributed by atoms with E-state index in [0.717, 1.165) is 25.7 Å². The number of hydrogen-bond donors (Lipinski definition) is 0. The van der Waals surface area contributed by atoms with Gasteiger partial charge in [-0.1, -0.05) is 0 Å². The maximum Gasteiger partial charge on any atom is 0.108 e. The monoisotopic (exact) mass is 218 g/mol. The molecule has 0 spiro atoms. The first-order valence-corrected chi connectivity index (χ1v) is 5.70. The van der Waals surface area contributed by atoms with Crippen LogP contribution in [0, 0.1) is 0 Å². The quantitative estimate of drug-likeness (QED) is 0.716. The van der Waals surface area contributed by atoms with Gasteiger partial charge in [-0.3, -0.25) is 0 Å². The third kappa shape index (κ3) is 2.51. The lowest BCUT2D eigenvalue weighted by Crippen LogP contribution is -2.00. The lowest BCUT2D eigenvalue weighted by molar-refractivity contribution is 0.652. The van der Waals surface area contributed by atoms with Crippen LogP contribution in [0.3, 0.4) is 0 Å². The van der Waals surface area contributed by atoms with Crippen molar-refractivity contribution in [1.29, 1.82) is 0 Å². The summed E-state index contributed by atoms with van der Waals surface area (Å²) in [6.07, 6.45) is 12.1. The van der Waals surface area contributed by atoms with Crippen LogP contribution in [0.15, 0.2) is 24.8 Å². The largest absolute Gasteiger partial charge is 0.338 e. The fourth-order valence-electron chi connectivity index (χ4n) is 1.84. The maximum absolute atomic E-state index is 4.31. The number of imidazole rings is 2. The van der Waals surface area contributed by atoms with E-state index in [1.165, 1.54) is 11.6 Å². The number of aryl methyl sites for hydroxylation is 4. The Hall–Kier alpha value is -1.58. The Morgan fingerprint density at radius 1 is 0.875 bits per heavy atom. The molecule has 0 aliphatic carbocycles. The zero-order valence-corrected chi connectivity index (χ0v) is 9.93. The molecule has 0 aliphatic heterocycles. The number of rotatable bonds is 5. The first-order valence-electron chi connectivity index (χ1n) is 5.70. The van der Waals surface area contributed by atoms with Gasteiger partial charge >= 0.3 is 0 Å². The SMILES string of the molecule is Cn1ccnc1CCCCc1nccn1C. The highest BCUT2D eigenvalue weighted by molar-refractivity contribution is 4.93. The fourth-order valence-corrected chi connectivity index (χ4v) is 1.84. The molecular weight excluding hydrogens is 200 g/mol. The molecule has 0 radical (unpaired) electrons. The molecule has 4 nitrogen and oxygen atoms in total. The summed E-state index contributed by atoms with van der Waals surface area (Å²) in [4.78, 5) is 8.62. The first kappa shape index (κ1) is 10.9. The molecule has 0 bridgehead atoms. The van der Waals surface area contributed by atoms with Gasteiger partial charge in [-0.05, 0) is 12.8 Å². The molecule has 16 heavy (non-hydrogen) atoms. The van der Waals surface area contributed by atoms with Crippen LogP contribution in [-0.2, 0) is 26.9 Å². The lowest BCUT2D eigenvalue weighted by atomic mass is 10.2. The molecule has 0 atom stereocenters. The molecule has 4 heteroatoms. The van der Waals surface area contributed by atoms with Gasteiger partial charge in [-0.25, -0.2) is 9.97 Å². The number of nitrogens with zero attached hydrogens (tertiary/aromatic N) is 4. The molecule has 2 aromatic rings. The predicted molar refractivity (Wildman–Crippen MR) is 63.1 cm³/mol. The van der Waals surface area contributed by atoms with Crippen LogP contribution in [0.2, 0.25) is 0 Å². The summed E-state index contributed by atoms with van der Waals surface area (Å²) >= 11 is 0. The Morgan fingerprint density at radius 3 is 1.62 bits per heavy atom. The van der Waals surface area contributed by atoms with E-state index >= 15 is 0 Å². The van der Waals surface area contributed by atoms with Crippen LogP contribution in [0.4, 0.5) is 0 Å². The molecular formula is C12H18N4. The molecule has 0 aliphatic rings. The fraction of sp³-hybridized carbons (Fsp3) is 0.500. The lowest BCUT2D eigenvalue weighted by Gasteiger charge is -2.02. The summed E-state index contributed by atoms with van der Waals surface area (Å²) in [7, 11) is 4.09. The average molecular weight is 218 g/mol. The van der Waals surface area contributed by atoms with Crippen LogP contribution in [0.1, 0.15) is 24.5 Å². The maximum atomic E-state index is 4.31. The van der Waals surface area contributed by atoms with E-state index in [1.807, 2.05) is 38.9 Å². The molecule has 0 saturated carbocycles. The number of unbranched alkanes of at least 4 members (excludes halogenated alkanes) is 1. The second-order valence-corrected chi connectivity index (χ2v) is 4.12. The smallest absolute Gasteiger partial charge is 0.108 e. The molecule has 0 aromatic carbocycles. The van der Waals surface area contributed by atoms with Gasteiger partial charge in [-0.2, -0.15) is 0 Å². The van der Waals surface area contributed by atoms with Crippen molar-refractivity contribution in [2.24, 2.45) is 14.1 Å². The standard InChI is InChI=1S/C12H18N4/c1-15-9-7-13-11(15)5-3-4-6-12-14-8-10-16(12)2/h7-10H,3-6H2,1-2H3. The highest BCUT2D eigenvalue weighted by Crippen LogP contribution is 2.05. The zero-order chi connectivity index (χ0) is 11.4. The average Bonchev–Trinajstić information content (AvgIpc) is 2.84. The van der Waals surface area contributed by atoms with E-state index in [1.54, 1.807) is 0 Å². The van der Waals surface area contributed by atoms with E-state index < -0.39 is 0 Å². The van der Waals surface area contributed by atoms with Crippen molar-refractivity contribution in [3.63, 3.8) is 0 Å². The van der Waals surface area contributed by atoms with E-state index in [4.69, 9.17) is 0 Å². The van der Waals surface area contributed by atoms with Gasteiger partial charge in [0.25, 0.3) is 0 Å². The molecule has 0 saturated heterocycles. The van der Waals surface area contributed by atoms with Crippen molar-refractivity contribution in [3.8, 4) is 0 Å². The second kappa shape index (κ2) is 4.96. The minimum absolute atomic E-state index is 1.05. The van der Waals surface area contributed by atoms with Crippen LogP contribution in [0.25, 0.3) is 0 Å². The van der Waals surface area contributed by atoms with E-state index in [2.05, 4.69) is 19.1 Å².